The average Bonchev–Trinajstić information content (AvgIpc) is 2.53. The molecule has 2 rings (SSSR count). The summed E-state index contributed by atoms with van der Waals surface area (Å²) in [6.45, 7) is 2.60. The van der Waals surface area contributed by atoms with Gasteiger partial charge in [-0.1, -0.05) is 0 Å². The van der Waals surface area contributed by atoms with Crippen molar-refractivity contribution in [3.05, 3.63) is 0 Å². The van der Waals surface area contributed by atoms with Crippen LogP contribution in [-0.2, 0) is 14.3 Å². The van der Waals surface area contributed by atoms with Crippen molar-refractivity contribution >= 4 is 12.1 Å². The first-order chi connectivity index (χ1) is 10.6. The molecule has 2 aliphatic rings. The van der Waals surface area contributed by atoms with Gasteiger partial charge in [-0.05, 0) is 50.4 Å². The molecule has 0 spiro atoms. The van der Waals surface area contributed by atoms with E-state index in [4.69, 9.17) is 14.7 Å². The van der Waals surface area contributed by atoms with E-state index in [1.165, 1.54) is 12.0 Å². The first-order valence-electron chi connectivity index (χ1n) is 7.98. The fraction of sp³-hybridized carbons (Fsp3) is 0.812. The summed E-state index contributed by atoms with van der Waals surface area (Å²) in [6.07, 6.45) is 3.71. The predicted molar refractivity (Wildman–Crippen MR) is 78.7 cm³/mol. The van der Waals surface area contributed by atoms with Crippen molar-refractivity contribution in [1.82, 2.24) is 4.90 Å². The normalized spacial score (nSPS) is 30.9. The average molecular weight is 307 g/mol. The van der Waals surface area contributed by atoms with Crippen molar-refractivity contribution in [3.63, 3.8) is 0 Å². The van der Waals surface area contributed by atoms with E-state index in [0.717, 1.165) is 19.3 Å². The highest BCUT2D eigenvalue weighted by atomic mass is 16.6. The number of amides is 1. The predicted octanol–water partition coefficient (Wildman–Crippen LogP) is 2.34. The number of nitrogens with zero attached hydrogens (tertiary/aromatic N) is 2. The fourth-order valence-corrected chi connectivity index (χ4v) is 3.84. The number of esters is 1. The van der Waals surface area contributed by atoms with Gasteiger partial charge in [-0.3, -0.25) is 4.90 Å². The summed E-state index contributed by atoms with van der Waals surface area (Å²) in [6, 6.07) is 1.69. The minimum absolute atomic E-state index is 0.301. The van der Waals surface area contributed by atoms with Gasteiger partial charge in [-0.25, -0.2) is 9.59 Å². The van der Waals surface area contributed by atoms with E-state index in [1.54, 1.807) is 6.92 Å². The Hall–Kier alpha value is -1.77. The van der Waals surface area contributed by atoms with Gasteiger partial charge in [0.1, 0.15) is 6.04 Å². The lowest BCUT2D eigenvalue weighted by molar-refractivity contribution is -0.152. The van der Waals surface area contributed by atoms with Gasteiger partial charge in [0.25, 0.3) is 0 Å². The van der Waals surface area contributed by atoms with E-state index in [2.05, 4.69) is 6.07 Å². The van der Waals surface area contributed by atoms with Crippen LogP contribution in [0.2, 0.25) is 0 Å². The first kappa shape index (κ1) is 16.6. The third kappa shape index (κ3) is 3.52. The number of hydrogen-bond donors (Lipinski definition) is 0. The maximum absolute atomic E-state index is 12.2. The van der Waals surface area contributed by atoms with Crippen LogP contribution in [0.25, 0.3) is 0 Å². The summed E-state index contributed by atoms with van der Waals surface area (Å²) >= 11 is 0. The SMILES string of the molecule is CCOC(=O)[C@@H]1C[C@H]2C[C@@H](C[11C]#N)CC[C@H]2CN1C(=O)OC. The van der Waals surface area contributed by atoms with Gasteiger partial charge in [0, 0.05) is 13.0 Å². The fourth-order valence-electron chi connectivity index (χ4n) is 3.84. The second kappa shape index (κ2) is 7.48. The highest BCUT2D eigenvalue weighted by Gasteiger charge is 2.44. The van der Waals surface area contributed by atoms with Gasteiger partial charge in [0.2, 0.25) is 0 Å². The number of nitriles is 1. The minimum atomic E-state index is -0.561. The van der Waals surface area contributed by atoms with E-state index in [9.17, 15) is 9.59 Å². The van der Waals surface area contributed by atoms with Gasteiger partial charge in [0.05, 0.1) is 19.8 Å². The largest absolute Gasteiger partial charge is 0.464 e. The zero-order valence-electron chi connectivity index (χ0n) is 13.3. The minimum Gasteiger partial charge on any atom is -0.464 e. The number of rotatable bonds is 3. The Morgan fingerprint density at radius 3 is 2.68 bits per heavy atom. The molecule has 1 amide bonds. The number of methoxy groups -OCH3 is 1. The number of fused-ring (bicyclic) bond motifs is 1. The summed E-state index contributed by atoms with van der Waals surface area (Å²) in [5.74, 6) is 0.828. The highest BCUT2D eigenvalue weighted by molar-refractivity contribution is 5.81. The quantitative estimate of drug-likeness (QED) is 0.748. The smallest absolute Gasteiger partial charge is 0.410 e. The zero-order valence-corrected chi connectivity index (χ0v) is 13.3. The topological polar surface area (TPSA) is 79.6 Å². The molecule has 0 aromatic heterocycles. The van der Waals surface area contributed by atoms with Crippen LogP contribution in [0.5, 0.6) is 0 Å². The van der Waals surface area contributed by atoms with Crippen molar-refractivity contribution in [1.29, 1.82) is 5.26 Å². The van der Waals surface area contributed by atoms with E-state index in [0.29, 0.717) is 43.7 Å². The Balaban J connectivity index is 2.10. The molecule has 1 heterocycles. The molecule has 4 atom stereocenters. The van der Waals surface area contributed by atoms with Crippen molar-refractivity contribution in [2.75, 3.05) is 20.3 Å². The molecule has 0 aromatic carbocycles. The van der Waals surface area contributed by atoms with Crippen molar-refractivity contribution < 1.29 is 19.1 Å². The highest BCUT2D eigenvalue weighted by Crippen LogP contribution is 2.42. The molecule has 6 nitrogen and oxygen atoms in total. The summed E-state index contributed by atoms with van der Waals surface area (Å²) in [7, 11) is 1.33. The summed E-state index contributed by atoms with van der Waals surface area (Å²) in [4.78, 5) is 25.7. The molecule has 1 saturated carbocycles. The van der Waals surface area contributed by atoms with E-state index in [-0.39, 0.29) is 5.97 Å². The van der Waals surface area contributed by atoms with Crippen LogP contribution in [0, 0.1) is 29.1 Å². The molecule has 0 aromatic rings. The van der Waals surface area contributed by atoms with Crippen LogP contribution in [0.1, 0.15) is 39.0 Å². The van der Waals surface area contributed by atoms with Crippen LogP contribution >= 0.6 is 0 Å². The molecule has 2 fully saturated rings. The lowest BCUT2D eigenvalue weighted by atomic mass is 9.67. The number of piperidine rings is 1. The molecule has 0 N–H and O–H groups in total. The first-order valence-corrected chi connectivity index (χ1v) is 7.98. The van der Waals surface area contributed by atoms with Crippen LogP contribution in [0.15, 0.2) is 0 Å². The van der Waals surface area contributed by atoms with Gasteiger partial charge in [-0.15, -0.1) is 0 Å². The Morgan fingerprint density at radius 1 is 1.27 bits per heavy atom. The van der Waals surface area contributed by atoms with Crippen LogP contribution < -0.4 is 0 Å². The Kier molecular flexibility index (Phi) is 5.64. The number of hydrogen-bond acceptors (Lipinski definition) is 5. The molecule has 0 radical (unpaired) electrons. The molecule has 1 aliphatic carbocycles. The summed E-state index contributed by atoms with van der Waals surface area (Å²) in [5, 5.41) is 8.88. The van der Waals surface area contributed by atoms with Crippen molar-refractivity contribution in [3.8, 4) is 6.07 Å². The third-order valence-electron chi connectivity index (χ3n) is 4.93. The molecule has 1 saturated heterocycles. The lowest BCUT2D eigenvalue weighted by Gasteiger charge is -2.45. The Bertz CT molecular complexity index is 460. The van der Waals surface area contributed by atoms with Gasteiger partial charge < -0.3 is 9.47 Å². The van der Waals surface area contributed by atoms with Gasteiger partial charge in [-0.2, -0.15) is 5.26 Å². The third-order valence-corrected chi connectivity index (χ3v) is 4.93. The van der Waals surface area contributed by atoms with Crippen LogP contribution in [0.4, 0.5) is 4.79 Å². The molecule has 0 bridgehead atoms. The van der Waals surface area contributed by atoms with Crippen LogP contribution in [0.3, 0.4) is 0 Å². The number of carbonyl (C=O) groups is 2. The number of carbonyl (C=O) groups excluding carboxylic acids is 2. The zero-order chi connectivity index (χ0) is 16.1. The molecule has 122 valence electrons. The van der Waals surface area contributed by atoms with E-state index < -0.39 is 12.1 Å². The lowest BCUT2D eigenvalue weighted by Crippen LogP contribution is -2.55. The summed E-state index contributed by atoms with van der Waals surface area (Å²) in [5.41, 5.74) is 0. The molecule has 6 heteroatoms. The molecular weight excluding hydrogens is 283 g/mol. The van der Waals surface area contributed by atoms with Gasteiger partial charge >= 0.3 is 12.1 Å². The van der Waals surface area contributed by atoms with Crippen LogP contribution in [-0.4, -0.2) is 43.3 Å². The number of likely N-dealkylation sites (tertiary alicyclic amines) is 1. The standard InChI is InChI=1S/C16H24N2O4/c1-3-22-15(19)14-9-13-8-11(6-7-17)4-5-12(13)10-18(14)16(20)21-2/h11-14H,3-6,8-10H2,1-2H3/t11-,12+,13-,14+/m1/s1/i7-1. The van der Waals surface area contributed by atoms with E-state index in [1.807, 2.05) is 0 Å². The second-order valence-electron chi connectivity index (χ2n) is 6.19. The molecule has 0 unspecified atom stereocenters. The molecule has 1 aliphatic heterocycles. The summed E-state index contributed by atoms with van der Waals surface area (Å²) < 4.78 is 9.94. The van der Waals surface area contributed by atoms with Gasteiger partial charge in [0.15, 0.2) is 0 Å². The van der Waals surface area contributed by atoms with Crippen molar-refractivity contribution in [2.24, 2.45) is 17.8 Å². The molecular formula is C16H24N2O4. The Labute approximate surface area is 131 Å². The van der Waals surface area contributed by atoms with E-state index >= 15 is 0 Å². The maximum Gasteiger partial charge on any atom is 0.410 e. The molecule has 22 heavy (non-hydrogen) atoms. The monoisotopic (exact) mass is 307 g/mol. The Morgan fingerprint density at radius 2 is 2.05 bits per heavy atom. The van der Waals surface area contributed by atoms with Crippen molar-refractivity contribution in [2.45, 2.75) is 45.1 Å². The second-order valence-corrected chi connectivity index (χ2v) is 6.19. The maximum atomic E-state index is 12.2. The number of ether oxygens (including phenoxy) is 2.